The number of amides is 1. The molecule has 3 rings (SSSR count). The highest BCUT2D eigenvalue weighted by Gasteiger charge is 2.30. The molecule has 1 aromatic rings. The van der Waals surface area contributed by atoms with Gasteiger partial charge in [0, 0.05) is 26.2 Å². The van der Waals surface area contributed by atoms with Gasteiger partial charge in [-0.15, -0.1) is 0 Å². The van der Waals surface area contributed by atoms with Gasteiger partial charge in [-0.2, -0.15) is 4.31 Å². The van der Waals surface area contributed by atoms with Crippen molar-refractivity contribution in [2.75, 3.05) is 52.6 Å². The van der Waals surface area contributed by atoms with Crippen LogP contribution in [0.5, 0.6) is 0 Å². The number of benzene rings is 1. The Hall–Kier alpha value is -1.72. The number of carbonyl (C=O) groups is 2. The van der Waals surface area contributed by atoms with Gasteiger partial charge >= 0.3 is 5.97 Å². The van der Waals surface area contributed by atoms with Gasteiger partial charge < -0.3 is 19.1 Å². The van der Waals surface area contributed by atoms with Crippen LogP contribution in [0, 0.1) is 0 Å². The van der Waals surface area contributed by atoms with Crippen LogP contribution < -0.4 is 0 Å². The fourth-order valence-corrected chi connectivity index (χ4v) is 4.70. The highest BCUT2D eigenvalue weighted by atomic mass is 35.5. The van der Waals surface area contributed by atoms with E-state index in [1.165, 1.54) is 29.4 Å². The van der Waals surface area contributed by atoms with Crippen molar-refractivity contribution in [1.29, 1.82) is 0 Å². The number of morpholine rings is 2. The van der Waals surface area contributed by atoms with E-state index in [9.17, 15) is 18.0 Å². The Morgan fingerprint density at radius 3 is 2.28 bits per heavy atom. The third-order valence-electron chi connectivity index (χ3n) is 4.72. The van der Waals surface area contributed by atoms with Crippen molar-refractivity contribution in [1.82, 2.24) is 9.21 Å². The number of carbonyl (C=O) groups excluding carboxylic acids is 2. The minimum absolute atomic E-state index is 0.0435. The van der Waals surface area contributed by atoms with Gasteiger partial charge in [0.25, 0.3) is 5.91 Å². The molecule has 29 heavy (non-hydrogen) atoms. The molecule has 9 nitrogen and oxygen atoms in total. The highest BCUT2D eigenvalue weighted by molar-refractivity contribution is 7.89. The van der Waals surface area contributed by atoms with E-state index in [4.69, 9.17) is 25.8 Å². The van der Waals surface area contributed by atoms with Gasteiger partial charge in [-0.05, 0) is 25.1 Å². The van der Waals surface area contributed by atoms with Crippen LogP contribution >= 0.6 is 11.6 Å². The summed E-state index contributed by atoms with van der Waals surface area (Å²) in [6.45, 7) is 4.26. The van der Waals surface area contributed by atoms with Gasteiger partial charge in [-0.25, -0.2) is 13.2 Å². The molecule has 0 saturated carbocycles. The van der Waals surface area contributed by atoms with Crippen LogP contribution in [0.25, 0.3) is 0 Å². The summed E-state index contributed by atoms with van der Waals surface area (Å²) in [6.07, 6.45) is -1.03. The third kappa shape index (κ3) is 5.07. The van der Waals surface area contributed by atoms with Crippen LogP contribution in [-0.4, -0.2) is 88.2 Å². The number of hydrogen-bond donors (Lipinski definition) is 0. The molecule has 1 atom stereocenters. The molecule has 2 aliphatic rings. The van der Waals surface area contributed by atoms with Crippen molar-refractivity contribution in [3.8, 4) is 0 Å². The Balaban J connectivity index is 1.74. The average molecular weight is 447 g/mol. The van der Waals surface area contributed by atoms with E-state index in [-0.39, 0.29) is 34.5 Å². The maximum Gasteiger partial charge on any atom is 0.340 e. The summed E-state index contributed by atoms with van der Waals surface area (Å²) in [5.74, 6) is -1.20. The predicted molar refractivity (Wildman–Crippen MR) is 103 cm³/mol. The average Bonchev–Trinajstić information content (AvgIpc) is 2.74. The lowest BCUT2D eigenvalue weighted by atomic mass is 10.2. The van der Waals surface area contributed by atoms with Gasteiger partial charge in [0.1, 0.15) is 0 Å². The maximum absolute atomic E-state index is 12.8. The summed E-state index contributed by atoms with van der Waals surface area (Å²) >= 11 is 6.10. The fraction of sp³-hybridized carbons (Fsp3) is 0.556. The summed E-state index contributed by atoms with van der Waals surface area (Å²) in [5, 5.41) is 0.0435. The fourth-order valence-electron chi connectivity index (χ4n) is 3.07. The second-order valence-electron chi connectivity index (χ2n) is 6.64. The Bertz CT molecular complexity index is 865. The van der Waals surface area contributed by atoms with Gasteiger partial charge in [-0.1, -0.05) is 11.6 Å². The number of nitrogens with zero attached hydrogens (tertiary/aromatic N) is 2. The van der Waals surface area contributed by atoms with E-state index in [1.807, 2.05) is 0 Å². The maximum atomic E-state index is 12.8. The molecule has 0 aromatic heterocycles. The molecule has 1 amide bonds. The van der Waals surface area contributed by atoms with Crippen LogP contribution in [0.15, 0.2) is 23.1 Å². The molecule has 0 bridgehead atoms. The first-order valence-corrected chi connectivity index (χ1v) is 11.1. The Morgan fingerprint density at radius 1 is 1.07 bits per heavy atom. The van der Waals surface area contributed by atoms with E-state index >= 15 is 0 Å². The molecule has 0 radical (unpaired) electrons. The molecule has 0 N–H and O–H groups in total. The standard InChI is InChI=1S/C18H23ClN2O7S/c1-13(17(22)20-4-8-26-9-5-20)28-18(23)15-12-14(2-3-16(15)19)29(24,25)21-6-10-27-11-7-21/h2-3,12-13H,4-11H2,1H3/t13-/m1/s1. The SMILES string of the molecule is C[C@@H](OC(=O)c1cc(S(=O)(=O)N2CCOCC2)ccc1Cl)C(=O)N1CCOCC1. The topological polar surface area (TPSA) is 102 Å². The van der Waals surface area contributed by atoms with Crippen molar-refractivity contribution in [2.45, 2.75) is 17.9 Å². The van der Waals surface area contributed by atoms with Gasteiger partial charge in [0.05, 0.1) is 41.9 Å². The monoisotopic (exact) mass is 446 g/mol. The third-order valence-corrected chi connectivity index (χ3v) is 6.94. The summed E-state index contributed by atoms with van der Waals surface area (Å²) in [5.41, 5.74) is -0.109. The molecule has 1 aromatic carbocycles. The number of ether oxygens (including phenoxy) is 3. The number of sulfonamides is 1. The molecule has 2 heterocycles. The Labute approximate surface area is 174 Å². The van der Waals surface area contributed by atoms with E-state index in [0.29, 0.717) is 39.5 Å². The molecule has 2 aliphatic heterocycles. The second kappa shape index (κ2) is 9.40. The number of hydrogen-bond acceptors (Lipinski definition) is 7. The molecule has 0 unspecified atom stereocenters. The van der Waals surface area contributed by atoms with Crippen molar-refractivity contribution < 1.29 is 32.2 Å². The smallest absolute Gasteiger partial charge is 0.340 e. The van der Waals surface area contributed by atoms with Crippen molar-refractivity contribution in [3.63, 3.8) is 0 Å². The lowest BCUT2D eigenvalue weighted by Crippen LogP contribution is -2.46. The molecule has 2 saturated heterocycles. The minimum Gasteiger partial charge on any atom is -0.449 e. The van der Waals surface area contributed by atoms with Gasteiger partial charge in [-0.3, -0.25) is 4.79 Å². The summed E-state index contributed by atoms with van der Waals surface area (Å²) < 4.78 is 42.6. The molecular weight excluding hydrogens is 424 g/mol. The molecule has 0 spiro atoms. The highest BCUT2D eigenvalue weighted by Crippen LogP contribution is 2.24. The van der Waals surface area contributed by atoms with Crippen LogP contribution in [0.4, 0.5) is 0 Å². The molecule has 0 aliphatic carbocycles. The molecule has 11 heteroatoms. The first kappa shape index (κ1) is 22.0. The number of rotatable bonds is 5. The lowest BCUT2D eigenvalue weighted by Gasteiger charge is -2.29. The number of halogens is 1. The normalized spacial score (nSPS) is 19.6. The molecular formula is C18H23ClN2O7S. The van der Waals surface area contributed by atoms with E-state index in [1.54, 1.807) is 4.90 Å². The zero-order valence-electron chi connectivity index (χ0n) is 16.0. The number of esters is 1. The van der Waals surface area contributed by atoms with E-state index in [2.05, 4.69) is 0 Å². The first-order chi connectivity index (χ1) is 13.8. The van der Waals surface area contributed by atoms with Gasteiger partial charge in [0.15, 0.2) is 6.10 Å². The van der Waals surface area contributed by atoms with Crippen molar-refractivity contribution in [3.05, 3.63) is 28.8 Å². The van der Waals surface area contributed by atoms with Crippen LogP contribution in [-0.2, 0) is 29.0 Å². The lowest BCUT2D eigenvalue weighted by molar-refractivity contribution is -0.143. The first-order valence-electron chi connectivity index (χ1n) is 9.25. The van der Waals surface area contributed by atoms with E-state index < -0.39 is 22.1 Å². The van der Waals surface area contributed by atoms with Crippen LogP contribution in [0.3, 0.4) is 0 Å². The summed E-state index contributed by atoms with van der Waals surface area (Å²) in [6, 6.07) is 3.85. The van der Waals surface area contributed by atoms with Crippen molar-refractivity contribution >= 4 is 33.5 Å². The minimum atomic E-state index is -3.80. The zero-order chi connectivity index (χ0) is 21.0. The molecule has 160 valence electrons. The summed E-state index contributed by atoms with van der Waals surface area (Å²) in [4.78, 5) is 26.5. The van der Waals surface area contributed by atoms with Crippen molar-refractivity contribution in [2.24, 2.45) is 0 Å². The largest absolute Gasteiger partial charge is 0.449 e. The zero-order valence-corrected chi connectivity index (χ0v) is 17.6. The Kier molecular flexibility index (Phi) is 7.12. The van der Waals surface area contributed by atoms with Crippen LogP contribution in [0.2, 0.25) is 5.02 Å². The van der Waals surface area contributed by atoms with Gasteiger partial charge in [0.2, 0.25) is 10.0 Å². The van der Waals surface area contributed by atoms with E-state index in [0.717, 1.165) is 0 Å². The molecule has 2 fully saturated rings. The Morgan fingerprint density at radius 2 is 1.66 bits per heavy atom. The predicted octanol–water partition coefficient (Wildman–Crippen LogP) is 0.765. The van der Waals surface area contributed by atoms with Crippen LogP contribution in [0.1, 0.15) is 17.3 Å². The second-order valence-corrected chi connectivity index (χ2v) is 8.99. The quantitative estimate of drug-likeness (QED) is 0.615. The summed E-state index contributed by atoms with van der Waals surface area (Å²) in [7, 11) is -3.80.